The third-order valence-corrected chi connectivity index (χ3v) is 4.84. The van der Waals surface area contributed by atoms with Crippen LogP contribution in [0.5, 0.6) is 0 Å². The molecule has 5 heteroatoms. The third-order valence-electron chi connectivity index (χ3n) is 3.68. The van der Waals surface area contributed by atoms with Crippen molar-refractivity contribution >= 4 is 27.2 Å². The molecule has 0 bridgehead atoms. The summed E-state index contributed by atoms with van der Waals surface area (Å²) in [5.74, 6) is 0. The van der Waals surface area contributed by atoms with E-state index in [1.54, 1.807) is 0 Å². The largest absolute Gasteiger partial charge is 0.305 e. The van der Waals surface area contributed by atoms with E-state index in [9.17, 15) is 0 Å². The molecule has 0 saturated carbocycles. The van der Waals surface area contributed by atoms with Crippen molar-refractivity contribution in [3.8, 4) is 10.6 Å². The fraction of sp³-hybridized carbons (Fsp3) is 0.0714. The van der Waals surface area contributed by atoms with Crippen molar-refractivity contribution < 1.29 is 4.57 Å². The van der Waals surface area contributed by atoms with Crippen LogP contribution in [0.3, 0.4) is 0 Å². The van der Waals surface area contributed by atoms with Crippen LogP contribution in [0.2, 0.25) is 0 Å². The van der Waals surface area contributed by atoms with Crippen molar-refractivity contribution in [3.63, 3.8) is 0 Å². The fourth-order valence-corrected chi connectivity index (χ4v) is 4.12. The Balaban J connectivity index is 1.94. The molecule has 1 aliphatic heterocycles. The van der Waals surface area contributed by atoms with Crippen molar-refractivity contribution in [1.82, 2.24) is 14.4 Å². The Morgan fingerprint density at radius 2 is 2.16 bits per heavy atom. The molecular weight excluding hydrogens is 256 g/mol. The predicted molar refractivity (Wildman–Crippen MR) is 73.1 cm³/mol. The minimum absolute atomic E-state index is 0.910. The molecule has 0 fully saturated rings. The Labute approximate surface area is 112 Å². The van der Waals surface area contributed by atoms with Crippen molar-refractivity contribution in [3.05, 3.63) is 48.7 Å². The summed E-state index contributed by atoms with van der Waals surface area (Å²) in [5, 5.41) is 1.33. The van der Waals surface area contributed by atoms with E-state index in [2.05, 4.69) is 31.1 Å². The molecule has 0 N–H and O–H groups in total. The standard InChI is InChI=1S/C14H9N4S/c1-2-15-6-9-8-18-13-12(19-14(18)11(1)9)5-10-7-16-3-4-17(10)13/h1-7H,8H2/q+1. The number of thiazole rings is 1. The second-order valence-electron chi connectivity index (χ2n) is 4.73. The summed E-state index contributed by atoms with van der Waals surface area (Å²) in [4.78, 5) is 8.41. The topological polar surface area (TPSA) is 34.1 Å². The lowest BCUT2D eigenvalue weighted by molar-refractivity contribution is -0.644. The molecule has 4 aromatic rings. The lowest BCUT2D eigenvalue weighted by Gasteiger charge is -1.91. The molecule has 19 heavy (non-hydrogen) atoms. The van der Waals surface area contributed by atoms with Gasteiger partial charge in [-0.05, 0) is 6.07 Å². The van der Waals surface area contributed by atoms with Crippen LogP contribution in [0.25, 0.3) is 26.4 Å². The van der Waals surface area contributed by atoms with Gasteiger partial charge in [-0.3, -0.25) is 9.97 Å². The van der Waals surface area contributed by atoms with Crippen molar-refractivity contribution in [2.24, 2.45) is 0 Å². The SMILES string of the molecule is c1cc2c(cn1)C[n+]1c-2sc2cc3cnccn3c21. The zero-order chi connectivity index (χ0) is 12.4. The Kier molecular flexibility index (Phi) is 1.62. The molecule has 0 radical (unpaired) electrons. The number of pyridine rings is 1. The van der Waals surface area contributed by atoms with Gasteiger partial charge in [0, 0.05) is 29.6 Å². The van der Waals surface area contributed by atoms with Gasteiger partial charge in [0.05, 0.1) is 12.4 Å². The summed E-state index contributed by atoms with van der Waals surface area (Å²) >= 11 is 1.84. The highest BCUT2D eigenvalue weighted by molar-refractivity contribution is 7.21. The van der Waals surface area contributed by atoms with E-state index in [1.807, 2.05) is 42.3 Å². The first kappa shape index (κ1) is 9.63. The second-order valence-corrected chi connectivity index (χ2v) is 5.76. The molecule has 5 rings (SSSR count). The first-order valence-electron chi connectivity index (χ1n) is 6.12. The molecule has 4 aromatic heterocycles. The molecule has 0 unspecified atom stereocenters. The molecule has 0 aromatic carbocycles. The third kappa shape index (κ3) is 1.11. The Bertz CT molecular complexity index is 951. The highest BCUT2D eigenvalue weighted by Crippen LogP contribution is 2.35. The van der Waals surface area contributed by atoms with Gasteiger partial charge in [-0.15, -0.1) is 0 Å². The van der Waals surface area contributed by atoms with Crippen LogP contribution in [0, 0.1) is 0 Å². The number of hydrogen-bond donors (Lipinski definition) is 0. The summed E-state index contributed by atoms with van der Waals surface area (Å²) in [5.41, 5.74) is 5.03. The summed E-state index contributed by atoms with van der Waals surface area (Å²) in [6.45, 7) is 0.910. The van der Waals surface area contributed by atoms with Gasteiger partial charge in [-0.1, -0.05) is 11.3 Å². The molecule has 4 nitrogen and oxygen atoms in total. The maximum atomic E-state index is 4.22. The lowest BCUT2D eigenvalue weighted by atomic mass is 10.2. The van der Waals surface area contributed by atoms with Crippen LogP contribution >= 0.6 is 11.3 Å². The van der Waals surface area contributed by atoms with Crippen LogP contribution in [0.4, 0.5) is 0 Å². The Morgan fingerprint density at radius 3 is 3.16 bits per heavy atom. The Hall–Kier alpha value is -2.27. The predicted octanol–water partition coefficient (Wildman–Crippen LogP) is 2.26. The Morgan fingerprint density at radius 1 is 1.21 bits per heavy atom. The molecule has 1 aliphatic rings. The smallest absolute Gasteiger partial charge is 0.264 e. The van der Waals surface area contributed by atoms with Crippen LogP contribution in [-0.4, -0.2) is 14.4 Å². The van der Waals surface area contributed by atoms with Gasteiger partial charge in [-0.2, -0.15) is 4.40 Å². The number of nitrogens with zero attached hydrogens (tertiary/aromatic N) is 4. The molecular formula is C14H9N4S+. The number of fused-ring (bicyclic) bond motifs is 7. The fourth-order valence-electron chi connectivity index (χ4n) is 2.86. The van der Waals surface area contributed by atoms with Gasteiger partial charge in [0.15, 0.2) is 10.5 Å². The maximum Gasteiger partial charge on any atom is 0.305 e. The quantitative estimate of drug-likeness (QED) is 0.402. The van der Waals surface area contributed by atoms with E-state index >= 15 is 0 Å². The van der Waals surface area contributed by atoms with Gasteiger partial charge < -0.3 is 0 Å². The summed E-state index contributed by atoms with van der Waals surface area (Å²) in [6.07, 6.45) is 9.61. The first-order valence-corrected chi connectivity index (χ1v) is 6.94. The number of aromatic nitrogens is 4. The average molecular weight is 265 g/mol. The highest BCUT2D eigenvalue weighted by Gasteiger charge is 2.30. The molecule has 0 saturated heterocycles. The zero-order valence-electron chi connectivity index (χ0n) is 9.95. The second kappa shape index (κ2) is 3.19. The normalized spacial score (nSPS) is 13.1. The lowest BCUT2D eigenvalue weighted by Crippen LogP contribution is -2.31. The van der Waals surface area contributed by atoms with Gasteiger partial charge in [0.1, 0.15) is 17.4 Å². The van der Waals surface area contributed by atoms with Crippen LogP contribution in [0.15, 0.2) is 43.1 Å². The van der Waals surface area contributed by atoms with Crippen molar-refractivity contribution in [2.45, 2.75) is 6.54 Å². The summed E-state index contributed by atoms with van der Waals surface area (Å²) < 4.78 is 5.89. The van der Waals surface area contributed by atoms with Gasteiger partial charge in [0.2, 0.25) is 0 Å². The highest BCUT2D eigenvalue weighted by atomic mass is 32.1. The number of hydrogen-bond acceptors (Lipinski definition) is 3. The van der Waals surface area contributed by atoms with Crippen LogP contribution in [0.1, 0.15) is 5.56 Å². The molecule has 0 amide bonds. The zero-order valence-corrected chi connectivity index (χ0v) is 10.8. The van der Waals surface area contributed by atoms with E-state index in [4.69, 9.17) is 0 Å². The van der Waals surface area contributed by atoms with Gasteiger partial charge in [0.25, 0.3) is 0 Å². The molecule has 0 spiro atoms. The van der Waals surface area contributed by atoms with E-state index in [0.717, 1.165) is 12.1 Å². The van der Waals surface area contributed by atoms with Crippen molar-refractivity contribution in [2.75, 3.05) is 0 Å². The number of rotatable bonds is 0. The average Bonchev–Trinajstić information content (AvgIpc) is 3.05. The molecule has 90 valence electrons. The molecule has 0 aliphatic carbocycles. The van der Waals surface area contributed by atoms with E-state index in [-0.39, 0.29) is 0 Å². The van der Waals surface area contributed by atoms with E-state index in [0.29, 0.717) is 0 Å². The summed E-state index contributed by atoms with van der Waals surface area (Å²) in [7, 11) is 0. The van der Waals surface area contributed by atoms with Crippen LogP contribution < -0.4 is 4.57 Å². The van der Waals surface area contributed by atoms with E-state index < -0.39 is 0 Å². The van der Waals surface area contributed by atoms with Crippen molar-refractivity contribution in [1.29, 1.82) is 0 Å². The monoisotopic (exact) mass is 265 g/mol. The summed E-state index contributed by atoms with van der Waals surface area (Å²) in [6, 6.07) is 4.32. The molecule has 5 heterocycles. The van der Waals surface area contributed by atoms with Gasteiger partial charge >= 0.3 is 5.65 Å². The molecule has 0 atom stereocenters. The minimum Gasteiger partial charge on any atom is -0.264 e. The minimum atomic E-state index is 0.910. The van der Waals surface area contributed by atoms with Gasteiger partial charge in [-0.25, -0.2) is 4.57 Å². The van der Waals surface area contributed by atoms with Crippen LogP contribution in [-0.2, 0) is 6.54 Å². The van der Waals surface area contributed by atoms with E-state index in [1.165, 1.54) is 26.5 Å². The first-order chi connectivity index (χ1) is 9.42. The maximum absolute atomic E-state index is 4.22.